The van der Waals surface area contributed by atoms with Gasteiger partial charge in [-0.25, -0.2) is 4.79 Å². The Morgan fingerprint density at radius 3 is 2.89 bits per heavy atom. The Morgan fingerprint density at radius 1 is 1.50 bits per heavy atom. The van der Waals surface area contributed by atoms with E-state index in [-0.39, 0.29) is 19.1 Å². The molecule has 1 unspecified atom stereocenters. The van der Waals surface area contributed by atoms with Gasteiger partial charge in [-0.3, -0.25) is 4.79 Å². The molecule has 1 heterocycles. The monoisotopic (exact) mass is 247 g/mol. The van der Waals surface area contributed by atoms with E-state index in [2.05, 4.69) is 6.58 Å². The second-order valence-electron chi connectivity index (χ2n) is 3.83. The zero-order valence-electron chi connectivity index (χ0n) is 9.70. The Bertz CT molecular complexity index is 498. The van der Waals surface area contributed by atoms with Crippen molar-refractivity contribution in [3.63, 3.8) is 0 Å². The topological polar surface area (TPSA) is 66.8 Å². The lowest BCUT2D eigenvalue weighted by atomic mass is 10.1. The quantitative estimate of drug-likeness (QED) is 0.633. The first-order valence-corrected chi connectivity index (χ1v) is 5.52. The number of benzene rings is 1. The van der Waals surface area contributed by atoms with Gasteiger partial charge in [-0.1, -0.05) is 24.8 Å². The molecule has 5 nitrogen and oxygen atoms in total. The Hall–Kier alpha value is -2.14. The molecule has 1 N–H and O–H groups in total. The molecule has 2 rings (SSSR count). The van der Waals surface area contributed by atoms with Crippen molar-refractivity contribution >= 4 is 11.9 Å². The van der Waals surface area contributed by atoms with Gasteiger partial charge in [0.15, 0.2) is 6.23 Å². The molecule has 18 heavy (non-hydrogen) atoms. The van der Waals surface area contributed by atoms with E-state index in [9.17, 15) is 14.7 Å². The minimum Gasteiger partial charge on any atom is -0.461 e. The molecule has 0 saturated heterocycles. The van der Waals surface area contributed by atoms with Crippen LogP contribution >= 0.6 is 0 Å². The fraction of sp³-hybridized carbons (Fsp3) is 0.231. The van der Waals surface area contributed by atoms with E-state index >= 15 is 0 Å². The summed E-state index contributed by atoms with van der Waals surface area (Å²) in [6, 6.07) is 6.87. The fourth-order valence-corrected chi connectivity index (χ4v) is 1.88. The molecular formula is C13H13NO4. The van der Waals surface area contributed by atoms with Gasteiger partial charge in [-0.2, -0.15) is 0 Å². The molecule has 1 atom stereocenters. The minimum atomic E-state index is -0.976. The molecule has 1 aliphatic heterocycles. The van der Waals surface area contributed by atoms with Crippen molar-refractivity contribution in [3.05, 3.63) is 48.0 Å². The maximum Gasteiger partial charge on any atom is 0.330 e. The summed E-state index contributed by atoms with van der Waals surface area (Å²) < 4.78 is 4.79. The lowest BCUT2D eigenvalue weighted by Crippen LogP contribution is -2.31. The summed E-state index contributed by atoms with van der Waals surface area (Å²) in [5.41, 5.74) is 1.07. The molecule has 0 fully saturated rings. The van der Waals surface area contributed by atoms with Crippen LogP contribution in [0.4, 0.5) is 0 Å². The van der Waals surface area contributed by atoms with Crippen molar-refractivity contribution in [3.8, 4) is 0 Å². The number of carbonyl (C=O) groups excluding carboxylic acids is 2. The number of hydrogen-bond acceptors (Lipinski definition) is 4. The minimum absolute atomic E-state index is 0.0294. The average molecular weight is 247 g/mol. The summed E-state index contributed by atoms with van der Waals surface area (Å²) in [6.07, 6.45) is 0.0768. The Kier molecular flexibility index (Phi) is 3.43. The van der Waals surface area contributed by atoms with Gasteiger partial charge in [0.2, 0.25) is 0 Å². The summed E-state index contributed by atoms with van der Waals surface area (Å²) >= 11 is 0. The van der Waals surface area contributed by atoms with Gasteiger partial charge in [0.1, 0.15) is 6.61 Å². The summed E-state index contributed by atoms with van der Waals surface area (Å²) in [7, 11) is 0. The summed E-state index contributed by atoms with van der Waals surface area (Å²) in [4.78, 5) is 24.1. The van der Waals surface area contributed by atoms with Gasteiger partial charge in [-0.15, -0.1) is 0 Å². The van der Waals surface area contributed by atoms with Crippen LogP contribution in [0, 0.1) is 0 Å². The second kappa shape index (κ2) is 5.01. The normalized spacial score (nSPS) is 17.5. The standard InChI is InChI=1S/C13H13NO4/c1-2-11(15)18-8-7-14-12(16)9-5-3-4-6-10(9)13(14)17/h2-6,12,16H,1,7-8H2. The maximum absolute atomic E-state index is 12.0. The first-order chi connectivity index (χ1) is 8.65. The molecule has 0 bridgehead atoms. The molecule has 0 spiro atoms. The highest BCUT2D eigenvalue weighted by Crippen LogP contribution is 2.30. The molecule has 1 aromatic rings. The SMILES string of the molecule is C=CC(=O)OCCN1C(=O)c2ccccc2C1O. The van der Waals surface area contributed by atoms with Crippen molar-refractivity contribution in [1.29, 1.82) is 0 Å². The van der Waals surface area contributed by atoms with Crippen LogP contribution in [0.25, 0.3) is 0 Å². The van der Waals surface area contributed by atoms with Crippen LogP contribution < -0.4 is 0 Å². The largest absolute Gasteiger partial charge is 0.461 e. The van der Waals surface area contributed by atoms with Gasteiger partial charge in [0.05, 0.1) is 6.54 Å². The number of aliphatic hydroxyl groups excluding tert-OH is 1. The number of carbonyl (C=O) groups is 2. The van der Waals surface area contributed by atoms with E-state index in [4.69, 9.17) is 4.74 Å². The number of nitrogens with zero attached hydrogens (tertiary/aromatic N) is 1. The molecule has 1 aliphatic rings. The van der Waals surface area contributed by atoms with Crippen molar-refractivity contribution in [2.75, 3.05) is 13.2 Å². The fourth-order valence-electron chi connectivity index (χ4n) is 1.88. The van der Waals surface area contributed by atoms with Gasteiger partial charge < -0.3 is 14.7 Å². The first kappa shape index (κ1) is 12.3. The van der Waals surface area contributed by atoms with E-state index < -0.39 is 12.2 Å². The Labute approximate surface area is 104 Å². The third-order valence-electron chi connectivity index (χ3n) is 2.77. The number of ether oxygens (including phenoxy) is 1. The van der Waals surface area contributed by atoms with E-state index in [0.29, 0.717) is 11.1 Å². The predicted octanol–water partition coefficient (Wildman–Crippen LogP) is 0.863. The number of fused-ring (bicyclic) bond motifs is 1. The van der Waals surface area contributed by atoms with Crippen LogP contribution in [0.3, 0.4) is 0 Å². The summed E-state index contributed by atoms with van der Waals surface area (Å²) in [5.74, 6) is -0.804. The van der Waals surface area contributed by atoms with Crippen molar-refractivity contribution in [2.45, 2.75) is 6.23 Å². The molecular weight excluding hydrogens is 234 g/mol. The van der Waals surface area contributed by atoms with Crippen LogP contribution in [-0.2, 0) is 9.53 Å². The van der Waals surface area contributed by atoms with Crippen LogP contribution in [0.1, 0.15) is 22.1 Å². The number of rotatable bonds is 4. The van der Waals surface area contributed by atoms with Crippen molar-refractivity contribution in [2.24, 2.45) is 0 Å². The van der Waals surface area contributed by atoms with Gasteiger partial charge in [0, 0.05) is 17.2 Å². The number of aliphatic hydroxyl groups is 1. The van der Waals surface area contributed by atoms with Crippen LogP contribution in [0.2, 0.25) is 0 Å². The van der Waals surface area contributed by atoms with Crippen LogP contribution in [-0.4, -0.2) is 35.0 Å². The first-order valence-electron chi connectivity index (χ1n) is 5.52. The number of esters is 1. The van der Waals surface area contributed by atoms with Gasteiger partial charge in [0.25, 0.3) is 5.91 Å². The van der Waals surface area contributed by atoms with Gasteiger partial charge >= 0.3 is 5.97 Å². The third-order valence-corrected chi connectivity index (χ3v) is 2.77. The van der Waals surface area contributed by atoms with E-state index in [0.717, 1.165) is 6.08 Å². The van der Waals surface area contributed by atoms with Crippen molar-refractivity contribution < 1.29 is 19.4 Å². The molecule has 0 radical (unpaired) electrons. The van der Waals surface area contributed by atoms with Crippen molar-refractivity contribution in [1.82, 2.24) is 4.90 Å². The van der Waals surface area contributed by atoms with Gasteiger partial charge in [-0.05, 0) is 6.07 Å². The molecule has 1 aromatic carbocycles. The zero-order chi connectivity index (χ0) is 13.1. The van der Waals surface area contributed by atoms with E-state index in [1.807, 2.05) is 0 Å². The summed E-state index contributed by atoms with van der Waals surface area (Å²) in [6.45, 7) is 3.45. The second-order valence-corrected chi connectivity index (χ2v) is 3.83. The van der Waals surface area contributed by atoms with E-state index in [1.54, 1.807) is 24.3 Å². The highest BCUT2D eigenvalue weighted by molar-refractivity contribution is 5.98. The summed E-state index contributed by atoms with van der Waals surface area (Å²) in [5, 5.41) is 9.98. The average Bonchev–Trinajstić information content (AvgIpc) is 2.64. The molecule has 0 aliphatic carbocycles. The maximum atomic E-state index is 12.0. The Balaban J connectivity index is 2.02. The molecule has 94 valence electrons. The predicted molar refractivity (Wildman–Crippen MR) is 63.6 cm³/mol. The molecule has 5 heteroatoms. The van der Waals surface area contributed by atoms with Crippen LogP contribution in [0.15, 0.2) is 36.9 Å². The number of amides is 1. The third kappa shape index (κ3) is 2.12. The lowest BCUT2D eigenvalue weighted by molar-refractivity contribution is -0.138. The number of hydrogen-bond donors (Lipinski definition) is 1. The molecule has 1 amide bonds. The van der Waals surface area contributed by atoms with Crippen LogP contribution in [0.5, 0.6) is 0 Å². The highest BCUT2D eigenvalue weighted by atomic mass is 16.5. The molecule has 0 saturated carbocycles. The molecule has 0 aromatic heterocycles. The Morgan fingerprint density at radius 2 is 2.22 bits per heavy atom. The lowest BCUT2D eigenvalue weighted by Gasteiger charge is -2.20. The highest BCUT2D eigenvalue weighted by Gasteiger charge is 2.34. The smallest absolute Gasteiger partial charge is 0.330 e. The van der Waals surface area contributed by atoms with E-state index in [1.165, 1.54) is 4.90 Å². The zero-order valence-corrected chi connectivity index (χ0v) is 9.70.